The Hall–Kier alpha value is -1.78. The van der Waals surface area contributed by atoms with E-state index in [1.54, 1.807) is 0 Å². The van der Waals surface area contributed by atoms with E-state index >= 15 is 0 Å². The number of fused-ring (bicyclic) bond motifs is 1. The number of morpholine rings is 1. The van der Waals surface area contributed by atoms with Gasteiger partial charge < -0.3 is 19.4 Å². The summed E-state index contributed by atoms with van der Waals surface area (Å²) in [5.74, 6) is 2.19. The highest BCUT2D eigenvalue weighted by Gasteiger charge is 2.34. The van der Waals surface area contributed by atoms with Crippen molar-refractivity contribution in [3.8, 4) is 0 Å². The van der Waals surface area contributed by atoms with Gasteiger partial charge in [-0.2, -0.15) is 0 Å². The maximum absolute atomic E-state index is 5.95. The van der Waals surface area contributed by atoms with Crippen LogP contribution in [0.4, 0.5) is 5.69 Å². The molecule has 4 rings (SSSR count). The van der Waals surface area contributed by atoms with Crippen LogP contribution in [0.3, 0.4) is 0 Å². The lowest BCUT2D eigenvalue weighted by atomic mass is 9.74. The van der Waals surface area contributed by atoms with Crippen LogP contribution in [0.5, 0.6) is 0 Å². The van der Waals surface area contributed by atoms with Crippen LogP contribution >= 0.6 is 0 Å². The number of rotatable bonds is 4. The number of aryl methyl sites for hydroxylation is 1. The minimum absolute atomic E-state index is 0.273. The highest BCUT2D eigenvalue weighted by atomic mass is 16.5. The van der Waals surface area contributed by atoms with E-state index in [4.69, 9.17) is 9.15 Å². The van der Waals surface area contributed by atoms with Crippen LogP contribution < -0.4 is 10.2 Å². The predicted molar refractivity (Wildman–Crippen MR) is 105 cm³/mol. The second kappa shape index (κ2) is 7.09. The van der Waals surface area contributed by atoms with E-state index in [0.29, 0.717) is 6.04 Å². The lowest BCUT2D eigenvalue weighted by Crippen LogP contribution is -2.36. The maximum atomic E-state index is 5.95. The lowest BCUT2D eigenvalue weighted by molar-refractivity contribution is 0.122. The van der Waals surface area contributed by atoms with Gasteiger partial charge in [0.05, 0.1) is 13.2 Å². The molecule has 26 heavy (non-hydrogen) atoms. The largest absolute Gasteiger partial charge is 0.466 e. The topological polar surface area (TPSA) is 37.6 Å². The van der Waals surface area contributed by atoms with Gasteiger partial charge in [0, 0.05) is 43.3 Å². The Kier molecular flexibility index (Phi) is 4.80. The average Bonchev–Trinajstić information content (AvgIpc) is 3.00. The zero-order chi connectivity index (χ0) is 18.1. The van der Waals surface area contributed by atoms with E-state index in [2.05, 4.69) is 54.4 Å². The fraction of sp³-hybridized carbons (Fsp3) is 0.545. The molecule has 2 heterocycles. The van der Waals surface area contributed by atoms with Crippen molar-refractivity contribution in [2.45, 2.75) is 46.2 Å². The van der Waals surface area contributed by atoms with Gasteiger partial charge in [-0.1, -0.05) is 26.0 Å². The van der Waals surface area contributed by atoms with Crippen LogP contribution in [0.1, 0.15) is 49.0 Å². The molecule has 1 saturated heterocycles. The van der Waals surface area contributed by atoms with Crippen molar-refractivity contribution >= 4 is 5.69 Å². The zero-order valence-electron chi connectivity index (χ0n) is 16.2. The predicted octanol–water partition coefficient (Wildman–Crippen LogP) is 4.23. The van der Waals surface area contributed by atoms with Crippen LogP contribution in [0, 0.1) is 12.3 Å². The molecule has 1 aliphatic carbocycles. The molecular formula is C22H30N2O2. The molecule has 1 atom stereocenters. The molecule has 140 valence electrons. The highest BCUT2D eigenvalue weighted by molar-refractivity contribution is 5.48. The van der Waals surface area contributed by atoms with Crippen molar-refractivity contribution in [2.24, 2.45) is 5.41 Å². The third kappa shape index (κ3) is 3.81. The highest BCUT2D eigenvalue weighted by Crippen LogP contribution is 2.42. The van der Waals surface area contributed by atoms with Gasteiger partial charge in [0.15, 0.2) is 0 Å². The molecule has 4 heteroatoms. The Balaban J connectivity index is 1.42. The summed E-state index contributed by atoms with van der Waals surface area (Å²) in [7, 11) is 0. The van der Waals surface area contributed by atoms with E-state index in [-0.39, 0.29) is 5.41 Å². The Morgan fingerprint density at radius 3 is 2.62 bits per heavy atom. The molecule has 0 amide bonds. The third-order valence-electron chi connectivity index (χ3n) is 5.60. The first kappa shape index (κ1) is 17.6. The minimum Gasteiger partial charge on any atom is -0.466 e. The number of benzene rings is 1. The molecule has 1 aromatic carbocycles. The van der Waals surface area contributed by atoms with Gasteiger partial charge >= 0.3 is 0 Å². The molecule has 0 unspecified atom stereocenters. The standard InChI is InChI=1S/C22H30N2O2/c1-16-12-19-20(13-22(2,3)14-21(19)26-16)23-15-17-4-6-18(7-5-17)24-8-10-25-11-9-24/h4-7,12,20,23H,8-11,13-15H2,1-3H3/t20-/m1/s1. The Morgan fingerprint density at radius 2 is 1.88 bits per heavy atom. The van der Waals surface area contributed by atoms with Crippen LogP contribution in [-0.2, 0) is 17.7 Å². The van der Waals surface area contributed by atoms with Crippen molar-refractivity contribution in [3.05, 3.63) is 53.0 Å². The average molecular weight is 354 g/mol. The summed E-state index contributed by atoms with van der Waals surface area (Å²) in [4.78, 5) is 2.39. The monoisotopic (exact) mass is 354 g/mol. The van der Waals surface area contributed by atoms with Crippen molar-refractivity contribution < 1.29 is 9.15 Å². The molecule has 4 nitrogen and oxygen atoms in total. The van der Waals surface area contributed by atoms with Crippen LogP contribution in [0.15, 0.2) is 34.7 Å². The first-order valence-electron chi connectivity index (χ1n) is 9.74. The summed E-state index contributed by atoms with van der Waals surface area (Å²) in [6, 6.07) is 11.5. The fourth-order valence-corrected chi connectivity index (χ4v) is 4.25. The molecule has 0 spiro atoms. The number of anilines is 1. The molecule has 1 aliphatic heterocycles. The van der Waals surface area contributed by atoms with Crippen molar-refractivity contribution in [1.29, 1.82) is 0 Å². The summed E-state index contributed by atoms with van der Waals surface area (Å²) in [6.07, 6.45) is 2.17. The zero-order valence-corrected chi connectivity index (χ0v) is 16.2. The summed E-state index contributed by atoms with van der Waals surface area (Å²) in [6.45, 7) is 11.2. The van der Waals surface area contributed by atoms with E-state index in [1.807, 2.05) is 6.92 Å². The van der Waals surface area contributed by atoms with Gasteiger partial charge in [-0.3, -0.25) is 0 Å². The van der Waals surface area contributed by atoms with Gasteiger partial charge in [-0.05, 0) is 42.5 Å². The van der Waals surface area contributed by atoms with E-state index in [1.165, 1.54) is 22.6 Å². The lowest BCUT2D eigenvalue weighted by Gasteiger charge is -2.35. The number of hydrogen-bond acceptors (Lipinski definition) is 4. The van der Waals surface area contributed by atoms with Crippen molar-refractivity contribution in [1.82, 2.24) is 5.32 Å². The molecular weight excluding hydrogens is 324 g/mol. The summed E-state index contributed by atoms with van der Waals surface area (Å²) in [5, 5.41) is 3.77. The van der Waals surface area contributed by atoms with Crippen molar-refractivity contribution in [3.63, 3.8) is 0 Å². The van der Waals surface area contributed by atoms with E-state index in [0.717, 1.165) is 51.4 Å². The summed E-state index contributed by atoms with van der Waals surface area (Å²) in [5.41, 5.74) is 4.25. The Morgan fingerprint density at radius 1 is 1.15 bits per heavy atom. The van der Waals surface area contributed by atoms with Crippen LogP contribution in [0.25, 0.3) is 0 Å². The summed E-state index contributed by atoms with van der Waals surface area (Å²) < 4.78 is 11.4. The SMILES string of the molecule is Cc1cc2c(o1)CC(C)(C)C[C@H]2NCc1ccc(N2CCOCC2)cc1. The third-order valence-corrected chi connectivity index (χ3v) is 5.60. The summed E-state index contributed by atoms with van der Waals surface area (Å²) >= 11 is 0. The molecule has 0 radical (unpaired) electrons. The number of hydrogen-bond donors (Lipinski definition) is 1. The van der Waals surface area contributed by atoms with Crippen LogP contribution in [0.2, 0.25) is 0 Å². The van der Waals surface area contributed by atoms with Gasteiger partial charge in [0.1, 0.15) is 11.5 Å². The van der Waals surface area contributed by atoms with Gasteiger partial charge in [-0.25, -0.2) is 0 Å². The number of ether oxygens (including phenoxy) is 1. The molecule has 1 N–H and O–H groups in total. The second-order valence-electron chi connectivity index (χ2n) is 8.48. The number of furan rings is 1. The Labute approximate surface area is 156 Å². The van der Waals surface area contributed by atoms with E-state index < -0.39 is 0 Å². The molecule has 1 aromatic heterocycles. The first-order chi connectivity index (χ1) is 12.5. The maximum Gasteiger partial charge on any atom is 0.109 e. The van der Waals surface area contributed by atoms with Crippen molar-refractivity contribution in [2.75, 3.05) is 31.2 Å². The quantitative estimate of drug-likeness (QED) is 0.892. The molecule has 2 aromatic rings. The number of nitrogens with one attached hydrogen (secondary N) is 1. The molecule has 0 saturated carbocycles. The first-order valence-corrected chi connectivity index (χ1v) is 9.74. The smallest absolute Gasteiger partial charge is 0.109 e. The Bertz CT molecular complexity index is 742. The molecule has 0 bridgehead atoms. The molecule has 2 aliphatic rings. The normalized spacial score (nSPS) is 22.3. The number of nitrogens with zero attached hydrogens (tertiary/aromatic N) is 1. The van der Waals surface area contributed by atoms with Gasteiger partial charge in [-0.15, -0.1) is 0 Å². The van der Waals surface area contributed by atoms with E-state index in [9.17, 15) is 0 Å². The van der Waals surface area contributed by atoms with Crippen LogP contribution in [-0.4, -0.2) is 26.3 Å². The van der Waals surface area contributed by atoms with Gasteiger partial charge in [0.2, 0.25) is 0 Å². The van der Waals surface area contributed by atoms with Gasteiger partial charge in [0.25, 0.3) is 0 Å². The molecule has 1 fully saturated rings. The fourth-order valence-electron chi connectivity index (χ4n) is 4.25. The minimum atomic E-state index is 0.273. The second-order valence-corrected chi connectivity index (χ2v) is 8.48.